The van der Waals surface area contributed by atoms with Crippen molar-refractivity contribution in [2.75, 3.05) is 0 Å². The zero-order valence-corrected chi connectivity index (χ0v) is 28.1. The van der Waals surface area contributed by atoms with Gasteiger partial charge >= 0.3 is 0 Å². The normalized spacial score (nSPS) is 11.5. The van der Waals surface area contributed by atoms with Gasteiger partial charge in [0.05, 0.1) is 22.8 Å². The first-order valence-corrected chi connectivity index (χ1v) is 17.5. The van der Waals surface area contributed by atoms with Gasteiger partial charge in [0.15, 0.2) is 5.82 Å². The van der Waals surface area contributed by atoms with Gasteiger partial charge in [0.1, 0.15) is 0 Å². The molecular formula is C48H30N4. The summed E-state index contributed by atoms with van der Waals surface area (Å²) in [5.74, 6) is 0.637. The third-order valence-corrected chi connectivity index (χ3v) is 9.92. The molecule has 0 fully saturated rings. The molecule has 0 atom stereocenters. The lowest BCUT2D eigenvalue weighted by atomic mass is 9.96. The predicted octanol–water partition coefficient (Wildman–Crippen LogP) is 12.2. The first-order chi connectivity index (χ1) is 25.7. The molecule has 52 heavy (non-hydrogen) atoms. The smallest absolute Gasteiger partial charge is 0.160 e. The molecule has 10 aromatic rings. The molecule has 0 aliphatic carbocycles. The van der Waals surface area contributed by atoms with Crippen molar-refractivity contribution in [3.8, 4) is 56.4 Å². The summed E-state index contributed by atoms with van der Waals surface area (Å²) in [5, 5.41) is 9.08. The molecule has 0 radical (unpaired) electrons. The van der Waals surface area contributed by atoms with Crippen LogP contribution in [0.15, 0.2) is 182 Å². The molecule has 0 bridgehead atoms. The maximum Gasteiger partial charge on any atom is 0.160 e. The van der Waals surface area contributed by atoms with Crippen molar-refractivity contribution in [3.63, 3.8) is 0 Å². The van der Waals surface area contributed by atoms with Crippen molar-refractivity contribution >= 4 is 43.1 Å². The van der Waals surface area contributed by atoms with Gasteiger partial charge in [0.25, 0.3) is 0 Å². The van der Waals surface area contributed by atoms with E-state index in [2.05, 4.69) is 164 Å². The Morgan fingerprint density at radius 2 is 0.846 bits per heavy atom. The Labute approximate surface area is 300 Å². The first kappa shape index (κ1) is 29.8. The number of hydrogen-bond acceptors (Lipinski definition) is 4. The van der Waals surface area contributed by atoms with Crippen LogP contribution in [-0.4, -0.2) is 19.9 Å². The first-order valence-electron chi connectivity index (χ1n) is 17.5. The Hall–Kier alpha value is -7.04. The quantitative estimate of drug-likeness (QED) is 0.184. The molecule has 7 aromatic carbocycles. The van der Waals surface area contributed by atoms with Gasteiger partial charge in [-0.1, -0.05) is 133 Å². The zero-order chi connectivity index (χ0) is 34.4. The van der Waals surface area contributed by atoms with Crippen LogP contribution in [0.2, 0.25) is 0 Å². The summed E-state index contributed by atoms with van der Waals surface area (Å²) in [4.78, 5) is 20.6. The Morgan fingerprint density at radius 3 is 1.52 bits per heavy atom. The molecule has 0 unspecified atom stereocenters. The minimum Gasteiger partial charge on any atom is -0.256 e. The lowest BCUT2D eigenvalue weighted by Gasteiger charge is -2.15. The van der Waals surface area contributed by atoms with Gasteiger partial charge < -0.3 is 0 Å². The molecular weight excluding hydrogens is 633 g/mol. The summed E-state index contributed by atoms with van der Waals surface area (Å²) < 4.78 is 0. The van der Waals surface area contributed by atoms with Gasteiger partial charge in [-0.15, -0.1) is 0 Å². The fraction of sp³-hybridized carbons (Fsp3) is 0. The molecule has 3 heterocycles. The van der Waals surface area contributed by atoms with Gasteiger partial charge in [0, 0.05) is 51.0 Å². The Morgan fingerprint density at radius 1 is 0.327 bits per heavy atom. The highest BCUT2D eigenvalue weighted by Crippen LogP contribution is 2.38. The molecule has 0 aliphatic rings. The lowest BCUT2D eigenvalue weighted by molar-refractivity contribution is 1.19. The Balaban J connectivity index is 1.26. The topological polar surface area (TPSA) is 51.6 Å². The third-order valence-electron chi connectivity index (χ3n) is 9.92. The molecule has 0 aliphatic heterocycles. The van der Waals surface area contributed by atoms with Crippen LogP contribution in [0.1, 0.15) is 0 Å². The van der Waals surface area contributed by atoms with Crippen LogP contribution in [0.4, 0.5) is 0 Å². The standard InChI is InChI=1S/C48H30N4/c1-2-15-35-30-50-44(28-34(35)14-1)36-25-37(47-41-20-8-5-13-33(41)23-24-49-47)27-38(26-36)48-51-45(42-21-9-16-31-11-3-6-18-39(31)42)29-46(52-48)43-22-10-17-32-12-4-7-19-40(32)43/h1-30H. The van der Waals surface area contributed by atoms with E-state index in [0.717, 1.165) is 82.9 Å². The van der Waals surface area contributed by atoms with E-state index >= 15 is 0 Å². The van der Waals surface area contributed by atoms with Gasteiger partial charge in [-0.3, -0.25) is 9.97 Å². The van der Waals surface area contributed by atoms with Crippen LogP contribution < -0.4 is 0 Å². The highest BCUT2D eigenvalue weighted by atomic mass is 14.9. The number of hydrogen-bond donors (Lipinski definition) is 0. The van der Waals surface area contributed by atoms with Crippen molar-refractivity contribution in [2.45, 2.75) is 0 Å². The SMILES string of the molecule is c1ccc2cc(-c3cc(-c4nc(-c5cccc6ccccc56)cc(-c5cccc6ccccc56)n4)cc(-c4nccc5ccccc45)c3)ncc2c1. The molecule has 4 nitrogen and oxygen atoms in total. The van der Waals surface area contributed by atoms with E-state index in [4.69, 9.17) is 19.9 Å². The molecule has 0 saturated carbocycles. The second-order valence-electron chi connectivity index (χ2n) is 13.1. The van der Waals surface area contributed by atoms with Crippen molar-refractivity contribution < 1.29 is 0 Å². The number of fused-ring (bicyclic) bond motifs is 4. The molecule has 10 rings (SSSR count). The van der Waals surface area contributed by atoms with E-state index in [0.29, 0.717) is 5.82 Å². The van der Waals surface area contributed by atoms with Gasteiger partial charge in [-0.2, -0.15) is 0 Å². The largest absolute Gasteiger partial charge is 0.256 e. The van der Waals surface area contributed by atoms with Crippen molar-refractivity contribution in [3.05, 3.63) is 182 Å². The van der Waals surface area contributed by atoms with Gasteiger partial charge in [0.2, 0.25) is 0 Å². The maximum atomic E-state index is 5.36. The molecule has 242 valence electrons. The van der Waals surface area contributed by atoms with Crippen LogP contribution in [0.5, 0.6) is 0 Å². The fourth-order valence-corrected chi connectivity index (χ4v) is 7.38. The Kier molecular flexibility index (Phi) is 7.10. The second kappa shape index (κ2) is 12.4. The molecule has 0 amide bonds. The number of aromatic nitrogens is 4. The molecule has 0 saturated heterocycles. The van der Waals surface area contributed by atoms with E-state index in [-0.39, 0.29) is 0 Å². The number of nitrogens with zero attached hydrogens (tertiary/aromatic N) is 4. The summed E-state index contributed by atoms with van der Waals surface area (Å²) >= 11 is 0. The number of rotatable bonds is 5. The van der Waals surface area contributed by atoms with E-state index in [1.165, 1.54) is 10.8 Å². The van der Waals surface area contributed by atoms with E-state index in [1.54, 1.807) is 0 Å². The van der Waals surface area contributed by atoms with Crippen LogP contribution in [-0.2, 0) is 0 Å². The van der Waals surface area contributed by atoms with Crippen molar-refractivity contribution in [1.82, 2.24) is 19.9 Å². The molecule has 4 heteroatoms. The highest BCUT2D eigenvalue weighted by molar-refractivity contribution is 6.00. The summed E-state index contributed by atoms with van der Waals surface area (Å²) in [6, 6.07) is 59.4. The number of pyridine rings is 2. The van der Waals surface area contributed by atoms with E-state index in [1.807, 2.05) is 18.5 Å². The molecule has 3 aromatic heterocycles. The number of benzene rings is 7. The van der Waals surface area contributed by atoms with E-state index in [9.17, 15) is 0 Å². The second-order valence-corrected chi connectivity index (χ2v) is 13.1. The molecule has 0 spiro atoms. The van der Waals surface area contributed by atoms with Crippen LogP contribution in [0.3, 0.4) is 0 Å². The highest BCUT2D eigenvalue weighted by Gasteiger charge is 2.17. The average Bonchev–Trinajstić information content (AvgIpc) is 3.22. The minimum absolute atomic E-state index is 0.637. The van der Waals surface area contributed by atoms with Crippen molar-refractivity contribution in [2.24, 2.45) is 0 Å². The average molecular weight is 663 g/mol. The monoisotopic (exact) mass is 662 g/mol. The molecule has 0 N–H and O–H groups in total. The lowest BCUT2D eigenvalue weighted by Crippen LogP contribution is -1.98. The summed E-state index contributed by atoms with van der Waals surface area (Å²) in [6.45, 7) is 0. The fourth-order valence-electron chi connectivity index (χ4n) is 7.38. The van der Waals surface area contributed by atoms with Gasteiger partial charge in [-0.05, 0) is 68.7 Å². The van der Waals surface area contributed by atoms with Gasteiger partial charge in [-0.25, -0.2) is 9.97 Å². The summed E-state index contributed by atoms with van der Waals surface area (Å²) in [7, 11) is 0. The zero-order valence-electron chi connectivity index (χ0n) is 28.1. The Bertz CT molecular complexity index is 2870. The minimum atomic E-state index is 0.637. The van der Waals surface area contributed by atoms with Crippen LogP contribution >= 0.6 is 0 Å². The van der Waals surface area contributed by atoms with E-state index < -0.39 is 0 Å². The summed E-state index contributed by atoms with van der Waals surface area (Å²) in [6.07, 6.45) is 3.83. The summed E-state index contributed by atoms with van der Waals surface area (Å²) in [5.41, 5.74) is 8.47. The van der Waals surface area contributed by atoms with Crippen LogP contribution in [0.25, 0.3) is 99.5 Å². The van der Waals surface area contributed by atoms with Crippen molar-refractivity contribution in [1.29, 1.82) is 0 Å². The third kappa shape index (κ3) is 5.26. The predicted molar refractivity (Wildman–Crippen MR) is 215 cm³/mol. The van der Waals surface area contributed by atoms with Crippen LogP contribution in [0, 0.1) is 0 Å². The maximum absolute atomic E-state index is 5.36.